The highest BCUT2D eigenvalue weighted by Gasteiger charge is 2.09. The summed E-state index contributed by atoms with van der Waals surface area (Å²) in [6, 6.07) is 0. The quantitative estimate of drug-likeness (QED) is 0.345. The van der Waals surface area contributed by atoms with Gasteiger partial charge in [-0.15, -0.1) is 0 Å². The molecular weight excluding hydrogens is 207 g/mol. The first-order valence-corrected chi connectivity index (χ1v) is 3.56. The van der Waals surface area contributed by atoms with E-state index < -0.39 is 0 Å². The molecule has 1 rings (SSSR count). The maximum Gasteiger partial charge on any atom is 0.144 e. The Morgan fingerprint density at radius 2 is 2.43 bits per heavy atom. The minimum absolute atomic E-state index is 0.284. The molecule has 1 unspecified atom stereocenters. The van der Waals surface area contributed by atoms with Crippen LogP contribution in [0.4, 0.5) is 0 Å². The minimum Gasteiger partial charge on any atom is -0.236 e. The van der Waals surface area contributed by atoms with E-state index in [1.807, 2.05) is 0 Å². The van der Waals surface area contributed by atoms with Crippen LogP contribution in [0.2, 0.25) is 0 Å². The van der Waals surface area contributed by atoms with Crippen molar-refractivity contribution in [2.45, 2.75) is 17.0 Å². The summed E-state index contributed by atoms with van der Waals surface area (Å²) in [7, 11) is 0. The first-order chi connectivity index (χ1) is 3.39. The zero-order valence-electron chi connectivity index (χ0n) is 3.89. The third kappa shape index (κ3) is 1.92. The van der Waals surface area contributed by atoms with E-state index in [1.54, 1.807) is 0 Å². The largest absolute Gasteiger partial charge is 0.236 e. The smallest absolute Gasteiger partial charge is 0.144 e. The van der Waals surface area contributed by atoms with Crippen molar-refractivity contribution in [2.75, 3.05) is 6.61 Å². The first-order valence-electron chi connectivity index (χ1n) is 2.32. The van der Waals surface area contributed by atoms with Crippen LogP contribution in [-0.4, -0.2) is 10.7 Å². The van der Waals surface area contributed by atoms with Crippen LogP contribution in [-0.2, 0) is 9.78 Å². The van der Waals surface area contributed by atoms with Crippen molar-refractivity contribution in [2.24, 2.45) is 0 Å². The number of hydrogen-bond acceptors (Lipinski definition) is 2. The Morgan fingerprint density at radius 1 is 1.57 bits per heavy atom. The average Bonchev–Trinajstić information content (AvgIpc) is 1.69. The Hall–Kier alpha value is 0.650. The van der Waals surface area contributed by atoms with Gasteiger partial charge in [-0.05, 0) is 35.4 Å². The van der Waals surface area contributed by atoms with Gasteiger partial charge in [0.2, 0.25) is 0 Å². The van der Waals surface area contributed by atoms with E-state index in [2.05, 4.69) is 27.5 Å². The average molecular weight is 214 g/mol. The van der Waals surface area contributed by atoms with Crippen molar-refractivity contribution in [3.05, 3.63) is 0 Å². The Morgan fingerprint density at radius 3 is 2.71 bits per heavy atom. The monoisotopic (exact) mass is 214 g/mol. The maximum absolute atomic E-state index is 4.76. The predicted molar refractivity (Wildman–Crippen MR) is 34.1 cm³/mol. The number of rotatable bonds is 0. The van der Waals surface area contributed by atoms with Gasteiger partial charge >= 0.3 is 0 Å². The van der Waals surface area contributed by atoms with Gasteiger partial charge < -0.3 is 0 Å². The van der Waals surface area contributed by atoms with Gasteiger partial charge in [0.25, 0.3) is 0 Å². The van der Waals surface area contributed by atoms with E-state index >= 15 is 0 Å². The van der Waals surface area contributed by atoms with Crippen molar-refractivity contribution in [1.29, 1.82) is 0 Å². The van der Waals surface area contributed by atoms with Crippen molar-refractivity contribution >= 4 is 22.6 Å². The lowest BCUT2D eigenvalue weighted by Gasteiger charge is -2.14. The molecule has 42 valence electrons. The Kier molecular flexibility index (Phi) is 2.34. The summed E-state index contributed by atoms with van der Waals surface area (Å²) >= 11 is 2.21. The molecule has 0 aromatic heterocycles. The molecule has 0 aromatic rings. The molecular formula is C4H7IO2. The lowest BCUT2D eigenvalue weighted by atomic mass is 10.3. The molecule has 0 radical (unpaired) electrons. The van der Waals surface area contributed by atoms with Gasteiger partial charge in [-0.1, -0.05) is 0 Å². The zero-order valence-corrected chi connectivity index (χ0v) is 6.05. The standard InChI is InChI=1S/C4H7IO2/c5-4-2-1-3-6-7-4/h4H,1-3H2. The molecule has 0 bridgehead atoms. The predicted octanol–water partition coefficient (Wildman–Crippen LogP) is 1.49. The minimum atomic E-state index is 0.284. The molecule has 0 amide bonds. The van der Waals surface area contributed by atoms with Gasteiger partial charge in [-0.2, -0.15) is 0 Å². The molecule has 2 nitrogen and oxygen atoms in total. The summed E-state index contributed by atoms with van der Waals surface area (Å²) in [6.45, 7) is 0.763. The summed E-state index contributed by atoms with van der Waals surface area (Å²) in [6.07, 6.45) is 2.26. The molecule has 1 heterocycles. The normalized spacial score (nSPS) is 33.0. The van der Waals surface area contributed by atoms with Gasteiger partial charge in [0.15, 0.2) is 0 Å². The lowest BCUT2D eigenvalue weighted by molar-refractivity contribution is -0.318. The van der Waals surface area contributed by atoms with Gasteiger partial charge in [0.1, 0.15) is 4.11 Å². The Balaban J connectivity index is 2.12. The molecule has 0 aliphatic carbocycles. The second-order valence-electron chi connectivity index (χ2n) is 1.47. The Labute approximate surface area is 56.2 Å². The summed E-state index contributed by atoms with van der Waals surface area (Å²) < 4.78 is 0.284. The van der Waals surface area contributed by atoms with Gasteiger partial charge in [-0.3, -0.25) is 0 Å². The zero-order chi connectivity index (χ0) is 5.11. The van der Waals surface area contributed by atoms with E-state index in [4.69, 9.17) is 4.89 Å². The molecule has 0 N–H and O–H groups in total. The van der Waals surface area contributed by atoms with Crippen molar-refractivity contribution in [3.8, 4) is 0 Å². The van der Waals surface area contributed by atoms with Crippen LogP contribution < -0.4 is 0 Å². The fourth-order valence-electron chi connectivity index (χ4n) is 0.473. The van der Waals surface area contributed by atoms with E-state index in [1.165, 1.54) is 0 Å². The second-order valence-corrected chi connectivity index (χ2v) is 2.86. The molecule has 0 aromatic carbocycles. The van der Waals surface area contributed by atoms with Crippen LogP contribution in [0.5, 0.6) is 0 Å². The lowest BCUT2D eigenvalue weighted by Crippen LogP contribution is -2.13. The van der Waals surface area contributed by atoms with Crippen LogP contribution in [0.15, 0.2) is 0 Å². The molecule has 0 spiro atoms. The molecule has 1 saturated heterocycles. The molecule has 1 aliphatic heterocycles. The van der Waals surface area contributed by atoms with Crippen LogP contribution in [0, 0.1) is 0 Å². The summed E-state index contributed by atoms with van der Waals surface area (Å²) in [5.74, 6) is 0. The van der Waals surface area contributed by atoms with Crippen LogP contribution in [0.3, 0.4) is 0 Å². The van der Waals surface area contributed by atoms with Crippen molar-refractivity contribution in [1.82, 2.24) is 0 Å². The third-order valence-corrected chi connectivity index (χ3v) is 1.66. The SMILES string of the molecule is IC1CCCOO1. The third-order valence-electron chi connectivity index (χ3n) is 0.831. The topological polar surface area (TPSA) is 18.5 Å². The molecule has 1 atom stereocenters. The number of halogens is 1. The van der Waals surface area contributed by atoms with Gasteiger partial charge in [0, 0.05) is 0 Å². The maximum atomic E-state index is 4.76. The van der Waals surface area contributed by atoms with Crippen molar-refractivity contribution in [3.63, 3.8) is 0 Å². The van der Waals surface area contributed by atoms with Gasteiger partial charge in [0.05, 0.1) is 6.61 Å². The molecule has 1 fully saturated rings. The molecule has 0 saturated carbocycles. The van der Waals surface area contributed by atoms with E-state index in [9.17, 15) is 0 Å². The highest BCUT2D eigenvalue weighted by molar-refractivity contribution is 14.1. The van der Waals surface area contributed by atoms with Crippen LogP contribution in [0.25, 0.3) is 0 Å². The summed E-state index contributed by atoms with van der Waals surface area (Å²) in [4.78, 5) is 9.44. The fraction of sp³-hybridized carbons (Fsp3) is 1.00. The highest BCUT2D eigenvalue weighted by atomic mass is 127. The Bertz CT molecular complexity index is 51.7. The molecule has 3 heteroatoms. The highest BCUT2D eigenvalue weighted by Crippen LogP contribution is 2.15. The van der Waals surface area contributed by atoms with Crippen LogP contribution in [0.1, 0.15) is 12.8 Å². The molecule has 7 heavy (non-hydrogen) atoms. The summed E-state index contributed by atoms with van der Waals surface area (Å²) in [5, 5.41) is 0. The van der Waals surface area contributed by atoms with E-state index in [-0.39, 0.29) is 4.11 Å². The van der Waals surface area contributed by atoms with Crippen LogP contribution >= 0.6 is 22.6 Å². The van der Waals surface area contributed by atoms with E-state index in [0.29, 0.717) is 0 Å². The molecule has 1 aliphatic rings. The summed E-state index contributed by atoms with van der Waals surface area (Å²) in [5.41, 5.74) is 0. The van der Waals surface area contributed by atoms with E-state index in [0.717, 1.165) is 19.4 Å². The second kappa shape index (κ2) is 2.84. The first kappa shape index (κ1) is 5.78. The number of hydrogen-bond donors (Lipinski definition) is 0. The van der Waals surface area contributed by atoms with Crippen molar-refractivity contribution < 1.29 is 9.78 Å². The number of alkyl halides is 1. The van der Waals surface area contributed by atoms with Gasteiger partial charge in [-0.25, -0.2) is 9.78 Å². The fourth-order valence-corrected chi connectivity index (χ4v) is 1.06.